The molecule has 3 unspecified atom stereocenters. The molecule has 2 heterocycles. The van der Waals surface area contributed by atoms with Gasteiger partial charge in [-0.05, 0) is 43.9 Å². The first-order valence-electron chi connectivity index (χ1n) is 9.20. The second-order valence-corrected chi connectivity index (χ2v) is 6.95. The maximum atomic E-state index is 12.9. The maximum absolute atomic E-state index is 12.9. The molecule has 3 atom stereocenters. The summed E-state index contributed by atoms with van der Waals surface area (Å²) in [5.74, 6) is -0.907. The van der Waals surface area contributed by atoms with Crippen molar-refractivity contribution in [3.63, 3.8) is 0 Å². The molecule has 2 aliphatic heterocycles. The van der Waals surface area contributed by atoms with Crippen LogP contribution >= 0.6 is 0 Å². The molecule has 8 heteroatoms. The van der Waals surface area contributed by atoms with Crippen molar-refractivity contribution in [2.75, 3.05) is 25.5 Å². The molecule has 0 aliphatic carbocycles. The molecule has 3 N–H and O–H groups in total. The third-order valence-electron chi connectivity index (χ3n) is 5.04. The minimum atomic E-state index is -0.571. The van der Waals surface area contributed by atoms with Crippen molar-refractivity contribution < 1.29 is 24.2 Å². The Balaban J connectivity index is 1.71. The molecule has 0 radical (unpaired) electrons. The lowest BCUT2D eigenvalue weighted by Crippen LogP contribution is -2.48. The van der Waals surface area contributed by atoms with Crippen LogP contribution in [0.15, 0.2) is 24.3 Å². The molecule has 0 saturated carbocycles. The van der Waals surface area contributed by atoms with Gasteiger partial charge in [0.1, 0.15) is 6.04 Å². The van der Waals surface area contributed by atoms with Gasteiger partial charge in [0.15, 0.2) is 0 Å². The molecule has 1 aromatic carbocycles. The Hall–Kier alpha value is -2.45. The number of hydrogen-bond donors (Lipinski definition) is 3. The predicted molar refractivity (Wildman–Crippen MR) is 98.2 cm³/mol. The molecule has 0 spiro atoms. The van der Waals surface area contributed by atoms with Gasteiger partial charge in [0.05, 0.1) is 19.3 Å². The number of carbonyl (C=O) groups is 3. The van der Waals surface area contributed by atoms with Gasteiger partial charge in [-0.15, -0.1) is 0 Å². The highest BCUT2D eigenvalue weighted by Gasteiger charge is 2.33. The molecule has 1 aromatic rings. The lowest BCUT2D eigenvalue weighted by Gasteiger charge is -2.33. The molecule has 8 nitrogen and oxygen atoms in total. The van der Waals surface area contributed by atoms with Gasteiger partial charge in [-0.2, -0.15) is 0 Å². The molecule has 2 aliphatic rings. The van der Waals surface area contributed by atoms with E-state index in [2.05, 4.69) is 10.6 Å². The van der Waals surface area contributed by atoms with E-state index in [0.29, 0.717) is 37.2 Å². The van der Waals surface area contributed by atoms with Crippen LogP contribution in [0.4, 0.5) is 5.69 Å². The van der Waals surface area contributed by atoms with Crippen LogP contribution in [0.25, 0.3) is 0 Å². The van der Waals surface area contributed by atoms with Crippen LogP contribution < -0.4 is 10.6 Å². The molecular formula is C19H25N3O5. The number of hydrogen-bond acceptors (Lipinski definition) is 6. The highest BCUT2D eigenvalue weighted by molar-refractivity contribution is 6.00. The quantitative estimate of drug-likeness (QED) is 0.662. The van der Waals surface area contributed by atoms with E-state index in [0.717, 1.165) is 12.8 Å². The number of ether oxygens (including phenoxy) is 1. The normalized spacial score (nSPS) is 25.1. The van der Waals surface area contributed by atoms with E-state index in [1.807, 2.05) is 0 Å². The Morgan fingerprint density at radius 2 is 2.11 bits per heavy atom. The number of esters is 1. The number of anilines is 1. The van der Waals surface area contributed by atoms with Gasteiger partial charge < -0.3 is 25.4 Å². The molecule has 27 heavy (non-hydrogen) atoms. The van der Waals surface area contributed by atoms with E-state index in [1.165, 1.54) is 7.11 Å². The largest absolute Gasteiger partial charge is 0.467 e. The van der Waals surface area contributed by atoms with E-state index >= 15 is 0 Å². The van der Waals surface area contributed by atoms with Crippen LogP contribution in [-0.2, 0) is 14.3 Å². The van der Waals surface area contributed by atoms with Crippen molar-refractivity contribution in [1.29, 1.82) is 0 Å². The number of β-amino-alcohol motifs (C(OH)–C–C–N with tert-alkyl or cyclic N) is 1. The van der Waals surface area contributed by atoms with Crippen LogP contribution in [0.1, 0.15) is 36.0 Å². The first-order valence-corrected chi connectivity index (χ1v) is 9.20. The number of piperidine rings is 1. The molecule has 3 rings (SSSR count). The minimum absolute atomic E-state index is 0.249. The van der Waals surface area contributed by atoms with Crippen molar-refractivity contribution in [3.8, 4) is 0 Å². The van der Waals surface area contributed by atoms with Gasteiger partial charge in [0.25, 0.3) is 5.91 Å². The average molecular weight is 375 g/mol. The van der Waals surface area contributed by atoms with E-state index in [9.17, 15) is 19.5 Å². The summed E-state index contributed by atoms with van der Waals surface area (Å²) in [6.07, 6.45) is 2.14. The first kappa shape index (κ1) is 19.3. The van der Waals surface area contributed by atoms with Crippen molar-refractivity contribution in [2.45, 2.75) is 43.9 Å². The molecule has 2 fully saturated rings. The Labute approximate surface area is 157 Å². The SMILES string of the molecule is COC(=O)C1CCCCN1C(=O)c1cccc(NC(=O)C2CC(O)CN2)c1. The van der Waals surface area contributed by atoms with Gasteiger partial charge in [-0.1, -0.05) is 6.07 Å². The molecule has 0 aromatic heterocycles. The summed E-state index contributed by atoms with van der Waals surface area (Å²) < 4.78 is 4.83. The fourth-order valence-corrected chi connectivity index (χ4v) is 3.60. The van der Waals surface area contributed by atoms with Gasteiger partial charge in [0, 0.05) is 24.3 Å². The highest BCUT2D eigenvalue weighted by Crippen LogP contribution is 2.22. The maximum Gasteiger partial charge on any atom is 0.328 e. The average Bonchev–Trinajstić information content (AvgIpc) is 3.13. The number of amides is 2. The van der Waals surface area contributed by atoms with E-state index in [1.54, 1.807) is 29.2 Å². The smallest absolute Gasteiger partial charge is 0.328 e. The van der Waals surface area contributed by atoms with Gasteiger partial charge in [-0.25, -0.2) is 4.79 Å². The first-order chi connectivity index (χ1) is 13.0. The second-order valence-electron chi connectivity index (χ2n) is 6.95. The Morgan fingerprint density at radius 3 is 2.81 bits per heavy atom. The highest BCUT2D eigenvalue weighted by atomic mass is 16.5. The summed E-state index contributed by atoms with van der Waals surface area (Å²) in [7, 11) is 1.32. The van der Waals surface area contributed by atoms with Gasteiger partial charge in [0.2, 0.25) is 5.91 Å². The third-order valence-corrected chi connectivity index (χ3v) is 5.04. The number of benzene rings is 1. The predicted octanol–water partition coefficient (Wildman–Crippen LogP) is 0.516. The van der Waals surface area contributed by atoms with Crippen LogP contribution in [-0.4, -0.2) is 66.2 Å². The number of carbonyl (C=O) groups excluding carboxylic acids is 3. The zero-order valence-corrected chi connectivity index (χ0v) is 15.3. The van der Waals surface area contributed by atoms with Crippen LogP contribution in [0.5, 0.6) is 0 Å². The zero-order valence-electron chi connectivity index (χ0n) is 15.3. The van der Waals surface area contributed by atoms with Crippen molar-refractivity contribution >= 4 is 23.5 Å². The number of methoxy groups -OCH3 is 1. The lowest BCUT2D eigenvalue weighted by atomic mass is 10.0. The number of aliphatic hydroxyl groups excluding tert-OH is 1. The monoisotopic (exact) mass is 375 g/mol. The van der Waals surface area contributed by atoms with E-state index in [4.69, 9.17) is 4.74 Å². The van der Waals surface area contributed by atoms with Crippen LogP contribution in [0, 0.1) is 0 Å². The molecular weight excluding hydrogens is 350 g/mol. The lowest BCUT2D eigenvalue weighted by molar-refractivity contribution is -0.147. The zero-order chi connectivity index (χ0) is 19.4. The topological polar surface area (TPSA) is 108 Å². The summed E-state index contributed by atoms with van der Waals surface area (Å²) >= 11 is 0. The fraction of sp³-hybridized carbons (Fsp3) is 0.526. The number of nitrogens with zero attached hydrogens (tertiary/aromatic N) is 1. The van der Waals surface area contributed by atoms with Crippen LogP contribution in [0.2, 0.25) is 0 Å². The number of rotatable bonds is 4. The fourth-order valence-electron chi connectivity index (χ4n) is 3.60. The summed E-state index contributed by atoms with van der Waals surface area (Å²) in [6.45, 7) is 0.888. The van der Waals surface area contributed by atoms with Gasteiger partial charge in [-0.3, -0.25) is 9.59 Å². The van der Waals surface area contributed by atoms with Crippen molar-refractivity contribution in [3.05, 3.63) is 29.8 Å². The standard InChI is InChI=1S/C19H25N3O5/c1-27-19(26)16-7-2-3-8-22(16)18(25)12-5-4-6-13(9-12)21-17(24)15-10-14(23)11-20-15/h4-6,9,14-16,20,23H,2-3,7-8,10-11H2,1H3,(H,21,24). The summed E-state index contributed by atoms with van der Waals surface area (Å²) in [5.41, 5.74) is 0.906. The summed E-state index contributed by atoms with van der Waals surface area (Å²) in [5, 5.41) is 15.3. The second kappa shape index (κ2) is 8.49. The van der Waals surface area contributed by atoms with Crippen LogP contribution in [0.3, 0.4) is 0 Å². The molecule has 2 saturated heterocycles. The third kappa shape index (κ3) is 4.45. The van der Waals surface area contributed by atoms with Gasteiger partial charge >= 0.3 is 5.97 Å². The number of likely N-dealkylation sites (tertiary alicyclic amines) is 1. The Bertz CT molecular complexity index is 723. The minimum Gasteiger partial charge on any atom is -0.467 e. The molecule has 0 bridgehead atoms. The Morgan fingerprint density at radius 1 is 1.30 bits per heavy atom. The molecule has 146 valence electrons. The number of aliphatic hydroxyl groups is 1. The number of nitrogens with one attached hydrogen (secondary N) is 2. The van der Waals surface area contributed by atoms with E-state index < -0.39 is 24.2 Å². The van der Waals surface area contributed by atoms with Crippen molar-refractivity contribution in [1.82, 2.24) is 10.2 Å². The summed E-state index contributed by atoms with van der Waals surface area (Å²) in [4.78, 5) is 38.8. The van der Waals surface area contributed by atoms with E-state index in [-0.39, 0.29) is 11.8 Å². The molecule has 2 amide bonds. The van der Waals surface area contributed by atoms with Crippen molar-refractivity contribution in [2.24, 2.45) is 0 Å². The Kier molecular flexibility index (Phi) is 6.08. The summed E-state index contributed by atoms with van der Waals surface area (Å²) in [6, 6.07) is 5.64.